The minimum Gasteiger partial charge on any atom is -0.480 e. The normalized spacial score (nSPS) is 18.6. The summed E-state index contributed by atoms with van der Waals surface area (Å²) in [4.78, 5) is 21.5. The predicted molar refractivity (Wildman–Crippen MR) is 108 cm³/mol. The van der Waals surface area contributed by atoms with E-state index in [0.717, 1.165) is 6.42 Å². The van der Waals surface area contributed by atoms with Gasteiger partial charge in [-0.3, -0.25) is 4.79 Å². The van der Waals surface area contributed by atoms with Gasteiger partial charge < -0.3 is 25.8 Å². The number of hydrogen-bond donors (Lipinski definition) is 4. The van der Waals surface area contributed by atoms with Crippen molar-refractivity contribution >= 4 is 28.9 Å². The molecule has 1 aliphatic carbocycles. The SMILES string of the molecule is CNc1cc(Nc2cccnc2OC)nc2c(C(=O)N[C@@H]3CC[C@@H](O)C3)cnn12. The Kier molecular flexibility index (Phi) is 5.17. The van der Waals surface area contributed by atoms with Crippen molar-refractivity contribution < 1.29 is 14.6 Å². The summed E-state index contributed by atoms with van der Waals surface area (Å²) in [6, 6.07) is 5.35. The molecule has 0 aliphatic heterocycles. The van der Waals surface area contributed by atoms with Crippen molar-refractivity contribution in [1.29, 1.82) is 0 Å². The van der Waals surface area contributed by atoms with Gasteiger partial charge in [-0.1, -0.05) is 0 Å². The van der Waals surface area contributed by atoms with Crippen LogP contribution in [0.4, 0.5) is 17.3 Å². The predicted octanol–water partition coefficient (Wildman–Crippen LogP) is 1.56. The van der Waals surface area contributed by atoms with Crippen LogP contribution >= 0.6 is 0 Å². The van der Waals surface area contributed by atoms with Gasteiger partial charge in [0, 0.05) is 25.4 Å². The Morgan fingerprint density at radius 2 is 2.24 bits per heavy atom. The first-order valence-corrected chi connectivity index (χ1v) is 9.40. The van der Waals surface area contributed by atoms with Gasteiger partial charge in [0.25, 0.3) is 5.91 Å². The second-order valence-corrected chi connectivity index (χ2v) is 6.89. The second kappa shape index (κ2) is 7.92. The first kappa shape index (κ1) is 18.9. The molecule has 0 radical (unpaired) electrons. The summed E-state index contributed by atoms with van der Waals surface area (Å²) in [6.45, 7) is 0. The Labute approximate surface area is 167 Å². The van der Waals surface area contributed by atoms with E-state index in [1.807, 2.05) is 6.07 Å². The van der Waals surface area contributed by atoms with Crippen LogP contribution in [0.15, 0.2) is 30.6 Å². The first-order chi connectivity index (χ1) is 14.1. The molecule has 29 heavy (non-hydrogen) atoms. The topological polar surface area (TPSA) is 126 Å². The highest BCUT2D eigenvalue weighted by atomic mass is 16.5. The third kappa shape index (κ3) is 3.79. The number of carbonyl (C=O) groups is 1. The van der Waals surface area contributed by atoms with Crippen LogP contribution in [-0.2, 0) is 0 Å². The molecule has 10 heteroatoms. The summed E-state index contributed by atoms with van der Waals surface area (Å²) in [5, 5.41) is 23.2. The molecule has 1 saturated carbocycles. The zero-order valence-corrected chi connectivity index (χ0v) is 16.2. The number of pyridine rings is 1. The molecule has 0 spiro atoms. The van der Waals surface area contributed by atoms with Crippen LogP contribution in [0.3, 0.4) is 0 Å². The van der Waals surface area contributed by atoms with Crippen molar-refractivity contribution in [3.8, 4) is 5.88 Å². The number of ether oxygens (including phenoxy) is 1. The standard InChI is InChI=1S/C19H23N7O3/c1-20-16-9-15(24-14-4-3-7-21-19(14)29-2)25-17-13(10-22-26(16)17)18(28)23-11-5-6-12(27)8-11/h3-4,7,9-12,20,27H,5-6,8H2,1-2H3,(H,23,28)(H,24,25)/t11-,12-/m1/s1. The van der Waals surface area contributed by atoms with Gasteiger partial charge in [-0.2, -0.15) is 9.61 Å². The van der Waals surface area contributed by atoms with E-state index in [2.05, 4.69) is 31.0 Å². The van der Waals surface area contributed by atoms with E-state index in [1.165, 1.54) is 6.20 Å². The molecule has 4 rings (SSSR count). The lowest BCUT2D eigenvalue weighted by atomic mass is 10.2. The maximum atomic E-state index is 12.8. The third-order valence-electron chi connectivity index (χ3n) is 4.94. The largest absolute Gasteiger partial charge is 0.480 e. The summed E-state index contributed by atoms with van der Waals surface area (Å²) in [6.07, 6.45) is 4.80. The van der Waals surface area contributed by atoms with Gasteiger partial charge in [0.05, 0.1) is 19.4 Å². The highest BCUT2D eigenvalue weighted by molar-refractivity contribution is 6.00. The van der Waals surface area contributed by atoms with E-state index in [0.29, 0.717) is 47.3 Å². The van der Waals surface area contributed by atoms with Crippen molar-refractivity contribution in [3.63, 3.8) is 0 Å². The van der Waals surface area contributed by atoms with Crippen molar-refractivity contribution in [2.75, 3.05) is 24.8 Å². The zero-order chi connectivity index (χ0) is 20.4. The van der Waals surface area contributed by atoms with Crippen LogP contribution in [0.25, 0.3) is 5.65 Å². The number of nitrogens with zero attached hydrogens (tertiary/aromatic N) is 4. The number of rotatable bonds is 6. The molecule has 1 aliphatic rings. The summed E-state index contributed by atoms with van der Waals surface area (Å²) < 4.78 is 6.85. The quantitative estimate of drug-likeness (QED) is 0.494. The Hall–Kier alpha value is -3.40. The van der Waals surface area contributed by atoms with Crippen LogP contribution in [-0.4, -0.2) is 56.9 Å². The first-order valence-electron chi connectivity index (χ1n) is 9.40. The van der Waals surface area contributed by atoms with Crippen LogP contribution in [0.5, 0.6) is 5.88 Å². The third-order valence-corrected chi connectivity index (χ3v) is 4.94. The molecule has 0 saturated heterocycles. The van der Waals surface area contributed by atoms with Gasteiger partial charge >= 0.3 is 0 Å². The number of hydrogen-bond acceptors (Lipinski definition) is 8. The number of nitrogens with one attached hydrogen (secondary N) is 3. The number of carbonyl (C=O) groups excluding carboxylic acids is 1. The van der Waals surface area contributed by atoms with E-state index < -0.39 is 0 Å². The van der Waals surface area contributed by atoms with Gasteiger partial charge in [0.1, 0.15) is 22.9 Å². The molecular weight excluding hydrogens is 374 g/mol. The smallest absolute Gasteiger partial charge is 0.256 e. The van der Waals surface area contributed by atoms with Crippen LogP contribution in [0.2, 0.25) is 0 Å². The maximum Gasteiger partial charge on any atom is 0.256 e. The summed E-state index contributed by atoms with van der Waals surface area (Å²) >= 11 is 0. The van der Waals surface area contributed by atoms with Gasteiger partial charge in [-0.25, -0.2) is 9.97 Å². The zero-order valence-electron chi connectivity index (χ0n) is 16.2. The molecule has 3 aromatic heterocycles. The molecule has 3 heterocycles. The fourth-order valence-corrected chi connectivity index (χ4v) is 3.50. The maximum absolute atomic E-state index is 12.8. The Bertz CT molecular complexity index is 1040. The highest BCUT2D eigenvalue weighted by Crippen LogP contribution is 2.26. The molecule has 10 nitrogen and oxygen atoms in total. The van der Waals surface area contributed by atoms with Crippen LogP contribution in [0.1, 0.15) is 29.6 Å². The van der Waals surface area contributed by atoms with E-state index in [1.54, 1.807) is 37.0 Å². The summed E-state index contributed by atoms with van der Waals surface area (Å²) in [7, 11) is 3.31. The molecule has 1 amide bonds. The second-order valence-electron chi connectivity index (χ2n) is 6.89. The fraction of sp³-hybridized carbons (Fsp3) is 0.368. The number of fused-ring (bicyclic) bond motifs is 1. The molecule has 1 fully saturated rings. The molecule has 3 aromatic rings. The van der Waals surface area contributed by atoms with E-state index >= 15 is 0 Å². The lowest BCUT2D eigenvalue weighted by Crippen LogP contribution is -2.33. The number of anilines is 3. The molecular formula is C19H23N7O3. The van der Waals surface area contributed by atoms with E-state index in [9.17, 15) is 9.90 Å². The Morgan fingerprint density at radius 1 is 1.38 bits per heavy atom. The van der Waals surface area contributed by atoms with Gasteiger partial charge in [0.2, 0.25) is 5.88 Å². The molecule has 2 atom stereocenters. The minimum absolute atomic E-state index is 0.0443. The number of amides is 1. The van der Waals surface area contributed by atoms with Crippen LogP contribution in [0, 0.1) is 0 Å². The number of aliphatic hydroxyl groups is 1. The Morgan fingerprint density at radius 3 is 2.97 bits per heavy atom. The molecule has 152 valence electrons. The van der Waals surface area contributed by atoms with Crippen molar-refractivity contribution in [2.45, 2.75) is 31.4 Å². The van der Waals surface area contributed by atoms with Gasteiger partial charge in [0.15, 0.2) is 5.65 Å². The molecule has 0 unspecified atom stereocenters. The molecule has 4 N–H and O–H groups in total. The fourth-order valence-electron chi connectivity index (χ4n) is 3.50. The van der Waals surface area contributed by atoms with Crippen molar-refractivity contribution in [2.24, 2.45) is 0 Å². The number of methoxy groups -OCH3 is 1. The van der Waals surface area contributed by atoms with Gasteiger partial charge in [-0.15, -0.1) is 0 Å². The number of aliphatic hydroxyl groups excluding tert-OH is 1. The monoisotopic (exact) mass is 397 g/mol. The van der Waals surface area contributed by atoms with Gasteiger partial charge in [-0.05, 0) is 31.4 Å². The molecule has 0 bridgehead atoms. The lowest BCUT2D eigenvalue weighted by Gasteiger charge is -2.13. The number of aromatic nitrogens is 4. The molecule has 0 aromatic carbocycles. The average Bonchev–Trinajstić information content (AvgIpc) is 3.33. The van der Waals surface area contributed by atoms with Crippen LogP contribution < -0.4 is 20.7 Å². The van der Waals surface area contributed by atoms with E-state index in [-0.39, 0.29) is 18.1 Å². The average molecular weight is 397 g/mol. The van der Waals surface area contributed by atoms with Crippen molar-refractivity contribution in [1.82, 2.24) is 24.9 Å². The van der Waals surface area contributed by atoms with Crippen molar-refractivity contribution in [3.05, 3.63) is 36.2 Å². The summed E-state index contributed by atoms with van der Waals surface area (Å²) in [5.41, 5.74) is 1.43. The highest BCUT2D eigenvalue weighted by Gasteiger charge is 2.26. The summed E-state index contributed by atoms with van der Waals surface area (Å²) in [5.74, 6) is 1.35. The lowest BCUT2D eigenvalue weighted by molar-refractivity contribution is 0.0935. The Balaban J connectivity index is 1.67. The van der Waals surface area contributed by atoms with E-state index in [4.69, 9.17) is 4.74 Å². The minimum atomic E-state index is -0.358.